The van der Waals surface area contributed by atoms with Crippen LogP contribution in [-0.2, 0) is 17.6 Å². The Kier molecular flexibility index (Phi) is 7.40. The van der Waals surface area contributed by atoms with Crippen LogP contribution in [0.4, 0.5) is 10.2 Å². The molecule has 1 aromatic carbocycles. The van der Waals surface area contributed by atoms with Gasteiger partial charge in [0.25, 0.3) is 0 Å². The summed E-state index contributed by atoms with van der Waals surface area (Å²) in [5, 5.41) is 0. The van der Waals surface area contributed by atoms with Crippen molar-refractivity contribution in [2.24, 2.45) is 0 Å². The molecule has 1 aliphatic rings. The Hall–Kier alpha value is -2.50. The molecule has 3 rings (SSSR count). The molecule has 1 amide bonds. The molecule has 0 bridgehead atoms. The third kappa shape index (κ3) is 4.79. The maximum Gasteiger partial charge on any atom is 0.222 e. The van der Waals surface area contributed by atoms with Gasteiger partial charge in [-0.3, -0.25) is 4.79 Å². The van der Waals surface area contributed by atoms with Crippen molar-refractivity contribution in [1.82, 2.24) is 14.9 Å². The summed E-state index contributed by atoms with van der Waals surface area (Å²) in [5.74, 6) is 2.02. The second-order valence-corrected chi connectivity index (χ2v) is 7.98. The summed E-state index contributed by atoms with van der Waals surface area (Å²) in [5.41, 5.74) is 2.66. The Labute approximate surface area is 179 Å². The predicted molar refractivity (Wildman–Crippen MR) is 118 cm³/mol. The molecule has 1 atom stereocenters. The number of aryl methyl sites for hydroxylation is 1. The molecule has 6 heteroatoms. The van der Waals surface area contributed by atoms with Crippen LogP contribution in [0.1, 0.15) is 69.1 Å². The van der Waals surface area contributed by atoms with Crippen LogP contribution in [0.3, 0.4) is 0 Å². The molecule has 1 aliphatic heterocycles. The number of aromatic nitrogens is 2. The van der Waals surface area contributed by atoms with Crippen LogP contribution in [0.5, 0.6) is 0 Å². The molecule has 0 N–H and O–H groups in total. The van der Waals surface area contributed by atoms with Crippen LogP contribution in [-0.4, -0.2) is 47.0 Å². The first-order valence-corrected chi connectivity index (χ1v) is 11.1. The highest BCUT2D eigenvalue weighted by Gasteiger charge is 2.26. The summed E-state index contributed by atoms with van der Waals surface area (Å²) in [6.45, 7) is 11.1. The van der Waals surface area contributed by atoms with Gasteiger partial charge in [0, 0.05) is 56.2 Å². The molecule has 2 heterocycles. The number of carbonyl (C=O) groups is 1. The van der Waals surface area contributed by atoms with Gasteiger partial charge < -0.3 is 9.80 Å². The number of amides is 1. The zero-order chi connectivity index (χ0) is 21.7. The number of hydrogen-bond acceptors (Lipinski definition) is 4. The fourth-order valence-electron chi connectivity index (χ4n) is 3.90. The molecular formula is C24H33FN4O. The van der Waals surface area contributed by atoms with Crippen LogP contribution in [0.15, 0.2) is 24.3 Å². The van der Waals surface area contributed by atoms with E-state index in [1.54, 1.807) is 6.07 Å². The van der Waals surface area contributed by atoms with Crippen LogP contribution < -0.4 is 4.90 Å². The monoisotopic (exact) mass is 412 g/mol. The van der Waals surface area contributed by atoms with Crippen LogP contribution in [0, 0.1) is 5.82 Å². The zero-order valence-corrected chi connectivity index (χ0v) is 18.6. The molecule has 5 nitrogen and oxygen atoms in total. The van der Waals surface area contributed by atoms with Crippen molar-refractivity contribution in [3.63, 3.8) is 0 Å². The molecule has 0 radical (unpaired) electrons. The van der Waals surface area contributed by atoms with Gasteiger partial charge in [0.2, 0.25) is 5.91 Å². The van der Waals surface area contributed by atoms with E-state index >= 15 is 0 Å². The lowest BCUT2D eigenvalue weighted by Crippen LogP contribution is -2.49. The van der Waals surface area contributed by atoms with E-state index in [1.165, 1.54) is 6.07 Å². The predicted octanol–water partition coefficient (Wildman–Crippen LogP) is 4.34. The van der Waals surface area contributed by atoms with E-state index in [0.29, 0.717) is 31.5 Å². The lowest BCUT2D eigenvalue weighted by atomic mass is 10.00. The third-order valence-corrected chi connectivity index (χ3v) is 6.04. The van der Waals surface area contributed by atoms with Gasteiger partial charge in [0.15, 0.2) is 0 Å². The number of anilines is 1. The average Bonchev–Trinajstić information content (AvgIpc) is 2.79. The molecule has 0 spiro atoms. The Bertz CT molecular complexity index is 878. The van der Waals surface area contributed by atoms with E-state index in [4.69, 9.17) is 9.97 Å². The van der Waals surface area contributed by atoms with Gasteiger partial charge in [-0.15, -0.1) is 0 Å². The molecule has 0 saturated carbocycles. The number of piperazine rings is 1. The Morgan fingerprint density at radius 2 is 1.80 bits per heavy atom. The minimum atomic E-state index is -0.199. The Morgan fingerprint density at radius 3 is 2.40 bits per heavy atom. The molecule has 0 aliphatic carbocycles. The van der Waals surface area contributed by atoms with E-state index in [1.807, 2.05) is 24.0 Å². The SMILES string of the molecule is CCC(=O)N1CCN(c2nc([C@H](C)CC)nc(CC)c2Cc2ccccc2F)CC1. The van der Waals surface area contributed by atoms with Gasteiger partial charge in [0.1, 0.15) is 17.5 Å². The normalized spacial score (nSPS) is 15.4. The highest BCUT2D eigenvalue weighted by molar-refractivity contribution is 5.76. The van der Waals surface area contributed by atoms with Gasteiger partial charge in [-0.1, -0.05) is 45.9 Å². The van der Waals surface area contributed by atoms with E-state index in [9.17, 15) is 9.18 Å². The Morgan fingerprint density at radius 1 is 1.10 bits per heavy atom. The van der Waals surface area contributed by atoms with E-state index in [-0.39, 0.29) is 17.6 Å². The second-order valence-electron chi connectivity index (χ2n) is 7.98. The summed E-state index contributed by atoms with van der Waals surface area (Å²) in [6.07, 6.45) is 2.75. The van der Waals surface area contributed by atoms with E-state index < -0.39 is 0 Å². The van der Waals surface area contributed by atoms with Gasteiger partial charge in [0.05, 0.1) is 0 Å². The second kappa shape index (κ2) is 10.0. The van der Waals surface area contributed by atoms with Crippen molar-refractivity contribution in [3.05, 3.63) is 52.7 Å². The topological polar surface area (TPSA) is 49.3 Å². The largest absolute Gasteiger partial charge is 0.353 e. The average molecular weight is 413 g/mol. The van der Waals surface area contributed by atoms with Crippen LogP contribution in [0.25, 0.3) is 0 Å². The third-order valence-electron chi connectivity index (χ3n) is 6.04. The van der Waals surface area contributed by atoms with Crippen molar-refractivity contribution in [2.45, 2.75) is 59.3 Å². The summed E-state index contributed by atoms with van der Waals surface area (Å²) in [4.78, 5) is 26.1. The van der Waals surface area contributed by atoms with Crippen molar-refractivity contribution in [2.75, 3.05) is 31.1 Å². The molecule has 1 fully saturated rings. The van der Waals surface area contributed by atoms with Gasteiger partial charge in [-0.2, -0.15) is 0 Å². The summed E-state index contributed by atoms with van der Waals surface area (Å²) in [6, 6.07) is 6.92. The maximum atomic E-state index is 14.4. The summed E-state index contributed by atoms with van der Waals surface area (Å²) in [7, 11) is 0. The number of benzene rings is 1. The fraction of sp³-hybridized carbons (Fsp3) is 0.542. The lowest BCUT2D eigenvalue weighted by molar-refractivity contribution is -0.131. The number of nitrogens with zero attached hydrogens (tertiary/aromatic N) is 4. The summed E-state index contributed by atoms with van der Waals surface area (Å²) < 4.78 is 14.4. The molecular weight excluding hydrogens is 379 g/mol. The first-order chi connectivity index (χ1) is 14.5. The van der Waals surface area contributed by atoms with E-state index in [0.717, 1.165) is 48.8 Å². The molecule has 162 valence electrons. The fourth-order valence-corrected chi connectivity index (χ4v) is 3.90. The molecule has 0 unspecified atom stereocenters. The van der Waals surface area contributed by atoms with E-state index in [2.05, 4.69) is 25.7 Å². The minimum absolute atomic E-state index is 0.193. The first kappa shape index (κ1) is 22.2. The van der Waals surface area contributed by atoms with Crippen molar-refractivity contribution >= 4 is 11.7 Å². The highest BCUT2D eigenvalue weighted by atomic mass is 19.1. The summed E-state index contributed by atoms with van der Waals surface area (Å²) >= 11 is 0. The number of halogens is 1. The van der Waals surface area contributed by atoms with Crippen LogP contribution >= 0.6 is 0 Å². The Balaban J connectivity index is 2.00. The van der Waals surface area contributed by atoms with Crippen molar-refractivity contribution in [3.8, 4) is 0 Å². The highest BCUT2D eigenvalue weighted by Crippen LogP contribution is 2.29. The number of hydrogen-bond donors (Lipinski definition) is 0. The standard InChI is InChI=1S/C24H33FN4O/c1-5-17(4)23-26-21(6-2)19(16-18-10-8-9-11-20(18)25)24(27-23)29-14-12-28(13-15-29)22(30)7-3/h8-11,17H,5-7,12-16H2,1-4H3/t17-/m1/s1. The zero-order valence-electron chi connectivity index (χ0n) is 18.6. The van der Waals surface area contributed by atoms with Gasteiger partial charge in [-0.05, 0) is 24.5 Å². The molecule has 30 heavy (non-hydrogen) atoms. The minimum Gasteiger partial charge on any atom is -0.353 e. The maximum absolute atomic E-state index is 14.4. The lowest BCUT2D eigenvalue weighted by Gasteiger charge is -2.36. The van der Waals surface area contributed by atoms with Crippen molar-refractivity contribution in [1.29, 1.82) is 0 Å². The quantitative estimate of drug-likeness (QED) is 0.679. The van der Waals surface area contributed by atoms with Crippen molar-refractivity contribution < 1.29 is 9.18 Å². The first-order valence-electron chi connectivity index (χ1n) is 11.1. The number of carbonyl (C=O) groups excluding carboxylic acids is 1. The molecule has 1 aromatic heterocycles. The molecule has 2 aromatic rings. The van der Waals surface area contributed by atoms with Gasteiger partial charge in [-0.25, -0.2) is 14.4 Å². The smallest absolute Gasteiger partial charge is 0.222 e. The number of rotatable bonds is 7. The van der Waals surface area contributed by atoms with Crippen LogP contribution in [0.2, 0.25) is 0 Å². The van der Waals surface area contributed by atoms with Gasteiger partial charge >= 0.3 is 0 Å². The molecule has 1 saturated heterocycles.